The molecule has 0 fully saturated rings. The number of benzene rings is 1. The molecule has 0 radical (unpaired) electrons. The van der Waals surface area contributed by atoms with Crippen molar-refractivity contribution in [3.05, 3.63) is 71.3 Å². The molecule has 3 aliphatic rings. The van der Waals surface area contributed by atoms with Gasteiger partial charge in [-0.15, -0.1) is 0 Å². The fraction of sp³-hybridized carbons (Fsp3) is 0.235. The SMILES string of the molecule is C1=COC2=C(C1)CC(c1ccccc1)C1OC=NC=C21. The zero-order valence-corrected chi connectivity index (χ0v) is 11.0. The summed E-state index contributed by atoms with van der Waals surface area (Å²) < 4.78 is 11.5. The highest BCUT2D eigenvalue weighted by molar-refractivity contribution is 5.56. The fourth-order valence-electron chi connectivity index (χ4n) is 3.15. The molecule has 4 rings (SSSR count). The molecule has 100 valence electrons. The van der Waals surface area contributed by atoms with E-state index in [1.165, 1.54) is 17.5 Å². The van der Waals surface area contributed by atoms with Crippen molar-refractivity contribution in [3.8, 4) is 0 Å². The first-order valence-electron chi connectivity index (χ1n) is 6.89. The lowest BCUT2D eigenvalue weighted by atomic mass is 9.77. The van der Waals surface area contributed by atoms with E-state index in [2.05, 4.69) is 35.3 Å². The van der Waals surface area contributed by atoms with Gasteiger partial charge in [0.15, 0.2) is 6.40 Å². The van der Waals surface area contributed by atoms with Crippen LogP contribution in [0.5, 0.6) is 0 Å². The average Bonchev–Trinajstić information content (AvgIpc) is 2.55. The third-order valence-electron chi connectivity index (χ3n) is 4.08. The van der Waals surface area contributed by atoms with Crippen LogP contribution in [0.25, 0.3) is 0 Å². The summed E-state index contributed by atoms with van der Waals surface area (Å²) in [4.78, 5) is 4.13. The van der Waals surface area contributed by atoms with Crippen LogP contribution in [0.1, 0.15) is 24.3 Å². The summed E-state index contributed by atoms with van der Waals surface area (Å²) in [7, 11) is 0. The minimum Gasteiger partial charge on any atom is -0.474 e. The van der Waals surface area contributed by atoms with E-state index >= 15 is 0 Å². The topological polar surface area (TPSA) is 30.8 Å². The van der Waals surface area contributed by atoms with E-state index in [9.17, 15) is 0 Å². The van der Waals surface area contributed by atoms with Crippen molar-refractivity contribution in [2.75, 3.05) is 0 Å². The van der Waals surface area contributed by atoms with Gasteiger partial charge in [-0.3, -0.25) is 0 Å². The molecular weight excluding hydrogens is 250 g/mol. The van der Waals surface area contributed by atoms with E-state index in [0.29, 0.717) is 5.92 Å². The maximum Gasteiger partial charge on any atom is 0.174 e. The van der Waals surface area contributed by atoms with Gasteiger partial charge in [-0.25, -0.2) is 4.99 Å². The molecule has 1 aliphatic carbocycles. The number of rotatable bonds is 1. The summed E-state index contributed by atoms with van der Waals surface area (Å²) in [6.07, 6.45) is 9.16. The standard InChI is InChI=1S/C17H15NO2/c1-2-5-12(6-3-1)14-9-13-7-4-8-19-16(13)15-10-18-11-20-17(14)15/h1-6,8,10-11,14,17H,7,9H2. The molecule has 20 heavy (non-hydrogen) atoms. The zero-order valence-electron chi connectivity index (χ0n) is 11.0. The van der Waals surface area contributed by atoms with Crippen LogP contribution in [-0.4, -0.2) is 12.5 Å². The Morgan fingerprint density at radius 3 is 2.95 bits per heavy atom. The van der Waals surface area contributed by atoms with Gasteiger partial charge in [0, 0.05) is 12.1 Å². The first-order valence-corrected chi connectivity index (χ1v) is 6.89. The molecule has 1 aromatic rings. The average molecular weight is 265 g/mol. The molecule has 3 nitrogen and oxygen atoms in total. The summed E-state index contributed by atoms with van der Waals surface area (Å²) in [5.41, 5.74) is 3.70. The second kappa shape index (κ2) is 4.67. The molecular formula is C17H15NO2. The van der Waals surface area contributed by atoms with E-state index < -0.39 is 0 Å². The van der Waals surface area contributed by atoms with Gasteiger partial charge in [0.25, 0.3) is 0 Å². The highest BCUT2D eigenvalue weighted by Gasteiger charge is 2.38. The maximum atomic E-state index is 5.80. The highest BCUT2D eigenvalue weighted by Crippen LogP contribution is 2.44. The largest absolute Gasteiger partial charge is 0.474 e. The number of hydrogen-bond donors (Lipinski definition) is 0. The number of aliphatic imine (C=N–C) groups is 1. The van der Waals surface area contributed by atoms with Crippen molar-refractivity contribution in [3.63, 3.8) is 0 Å². The Labute approximate surface area is 117 Å². The number of hydrogen-bond acceptors (Lipinski definition) is 3. The van der Waals surface area contributed by atoms with Crippen LogP contribution in [0.3, 0.4) is 0 Å². The van der Waals surface area contributed by atoms with E-state index in [1.54, 1.807) is 6.26 Å². The summed E-state index contributed by atoms with van der Waals surface area (Å²) in [6.45, 7) is 0. The lowest BCUT2D eigenvalue weighted by molar-refractivity contribution is 0.172. The van der Waals surface area contributed by atoms with E-state index in [4.69, 9.17) is 9.47 Å². The molecule has 0 N–H and O–H groups in total. The summed E-state index contributed by atoms with van der Waals surface area (Å²) >= 11 is 0. The summed E-state index contributed by atoms with van der Waals surface area (Å²) in [6, 6.07) is 10.5. The van der Waals surface area contributed by atoms with Gasteiger partial charge in [-0.05, 0) is 30.1 Å². The van der Waals surface area contributed by atoms with Crippen LogP contribution in [-0.2, 0) is 9.47 Å². The van der Waals surface area contributed by atoms with Crippen LogP contribution < -0.4 is 0 Å². The summed E-state index contributed by atoms with van der Waals surface area (Å²) in [5, 5.41) is 0. The molecule has 3 heteroatoms. The Balaban J connectivity index is 1.79. The first-order chi connectivity index (χ1) is 9.93. The van der Waals surface area contributed by atoms with Crippen LogP contribution in [0.4, 0.5) is 0 Å². The summed E-state index contributed by atoms with van der Waals surface area (Å²) in [5.74, 6) is 1.28. The smallest absolute Gasteiger partial charge is 0.174 e. The van der Waals surface area contributed by atoms with Crippen molar-refractivity contribution >= 4 is 6.40 Å². The monoisotopic (exact) mass is 265 g/mol. The van der Waals surface area contributed by atoms with Crippen molar-refractivity contribution in [2.24, 2.45) is 4.99 Å². The van der Waals surface area contributed by atoms with Crippen LogP contribution in [0.15, 0.2) is 70.8 Å². The lowest BCUT2D eigenvalue weighted by Crippen LogP contribution is -2.32. The van der Waals surface area contributed by atoms with Crippen molar-refractivity contribution in [1.82, 2.24) is 0 Å². The molecule has 0 amide bonds. The van der Waals surface area contributed by atoms with Gasteiger partial charge >= 0.3 is 0 Å². The third-order valence-corrected chi connectivity index (χ3v) is 4.08. The molecule has 0 saturated heterocycles. The van der Waals surface area contributed by atoms with Gasteiger partial charge in [-0.1, -0.05) is 30.3 Å². The third kappa shape index (κ3) is 1.78. The number of nitrogens with zero attached hydrogens (tertiary/aromatic N) is 1. The van der Waals surface area contributed by atoms with Crippen molar-refractivity contribution in [2.45, 2.75) is 24.9 Å². The highest BCUT2D eigenvalue weighted by atomic mass is 16.5. The second-order valence-electron chi connectivity index (χ2n) is 5.24. The Morgan fingerprint density at radius 1 is 1.15 bits per heavy atom. The predicted octanol–water partition coefficient (Wildman–Crippen LogP) is 3.67. The van der Waals surface area contributed by atoms with Crippen LogP contribution in [0, 0.1) is 0 Å². The Hall–Kier alpha value is -2.29. The normalized spacial score (nSPS) is 27.1. The molecule has 2 aliphatic heterocycles. The van der Waals surface area contributed by atoms with E-state index in [-0.39, 0.29) is 6.10 Å². The van der Waals surface area contributed by atoms with Crippen molar-refractivity contribution < 1.29 is 9.47 Å². The second-order valence-corrected chi connectivity index (χ2v) is 5.24. The Morgan fingerprint density at radius 2 is 2.05 bits per heavy atom. The van der Waals surface area contributed by atoms with Gasteiger partial charge < -0.3 is 9.47 Å². The number of ether oxygens (including phenoxy) is 2. The van der Waals surface area contributed by atoms with Gasteiger partial charge in [0.2, 0.25) is 0 Å². The molecule has 0 spiro atoms. The van der Waals surface area contributed by atoms with E-state index in [1.807, 2.05) is 12.3 Å². The zero-order chi connectivity index (χ0) is 13.4. The maximum absolute atomic E-state index is 5.80. The molecule has 2 unspecified atom stereocenters. The first kappa shape index (κ1) is 11.5. The van der Waals surface area contributed by atoms with E-state index in [0.717, 1.165) is 24.2 Å². The molecule has 2 atom stereocenters. The fourth-order valence-corrected chi connectivity index (χ4v) is 3.15. The molecule has 0 aromatic heterocycles. The number of fused-ring (bicyclic) bond motifs is 2. The Bertz CT molecular complexity index is 640. The van der Waals surface area contributed by atoms with Gasteiger partial charge in [-0.2, -0.15) is 0 Å². The molecule has 0 saturated carbocycles. The molecule has 1 aromatic carbocycles. The minimum atomic E-state index is 0.000139. The molecule has 0 bridgehead atoms. The Kier molecular flexibility index (Phi) is 2.69. The van der Waals surface area contributed by atoms with Crippen molar-refractivity contribution in [1.29, 1.82) is 0 Å². The molecule has 2 heterocycles. The van der Waals surface area contributed by atoms with Gasteiger partial charge in [0.05, 0.1) is 11.8 Å². The number of allylic oxidation sites excluding steroid dienone is 2. The lowest BCUT2D eigenvalue weighted by Gasteiger charge is -2.37. The van der Waals surface area contributed by atoms with Gasteiger partial charge in [0.1, 0.15) is 11.9 Å². The van der Waals surface area contributed by atoms with Crippen LogP contribution in [0.2, 0.25) is 0 Å². The minimum absolute atomic E-state index is 0.000139. The predicted molar refractivity (Wildman–Crippen MR) is 77.1 cm³/mol. The van der Waals surface area contributed by atoms with Crippen LogP contribution >= 0.6 is 0 Å². The quantitative estimate of drug-likeness (QED) is 0.775.